The molecule has 1 rings (SSSR count). The van der Waals surface area contributed by atoms with Gasteiger partial charge in [0, 0.05) is 0 Å². The Bertz CT molecular complexity index is 403. The van der Waals surface area contributed by atoms with Crippen LogP contribution in [0.3, 0.4) is 0 Å². The van der Waals surface area contributed by atoms with E-state index in [-0.39, 0.29) is 11.3 Å². The fourth-order valence-electron chi connectivity index (χ4n) is 0.998. The fourth-order valence-corrected chi connectivity index (χ4v) is 0.998. The lowest BCUT2D eigenvalue weighted by molar-refractivity contribution is -0.153. The maximum absolute atomic E-state index is 12.8. The van der Waals surface area contributed by atoms with Crippen LogP contribution in [0.1, 0.15) is 5.56 Å². The van der Waals surface area contributed by atoms with Gasteiger partial charge in [-0.3, -0.25) is 5.41 Å². The number of ether oxygens (including phenoxy) is 1. The third kappa shape index (κ3) is 3.41. The number of alkyl halides is 3. The second-order valence-corrected chi connectivity index (χ2v) is 2.96. The molecule has 0 saturated carbocycles. The van der Waals surface area contributed by atoms with Gasteiger partial charge in [-0.2, -0.15) is 13.2 Å². The molecule has 0 spiro atoms. The lowest BCUT2D eigenvalue weighted by atomic mass is 10.2. The van der Waals surface area contributed by atoms with Crippen molar-refractivity contribution in [3.63, 3.8) is 0 Å². The molecule has 0 unspecified atom stereocenters. The van der Waals surface area contributed by atoms with Gasteiger partial charge in [0.2, 0.25) is 0 Å². The summed E-state index contributed by atoms with van der Waals surface area (Å²) in [6, 6.07) is 2.77. The molecule has 0 aliphatic carbocycles. The van der Waals surface area contributed by atoms with Crippen molar-refractivity contribution in [2.24, 2.45) is 5.73 Å². The zero-order valence-corrected chi connectivity index (χ0v) is 7.94. The molecule has 0 aliphatic heterocycles. The molecule has 0 radical (unpaired) electrons. The van der Waals surface area contributed by atoms with E-state index in [1.165, 1.54) is 0 Å². The molecule has 3 nitrogen and oxygen atoms in total. The predicted octanol–water partition coefficient (Wildman–Crippen LogP) is 2.05. The maximum atomic E-state index is 12.8. The number of hydrogen-bond acceptors (Lipinski definition) is 2. The first-order valence-corrected chi connectivity index (χ1v) is 4.13. The summed E-state index contributed by atoms with van der Waals surface area (Å²) in [5, 5.41) is 7.06. The summed E-state index contributed by atoms with van der Waals surface area (Å²) in [4.78, 5) is 0. The molecule has 0 saturated heterocycles. The van der Waals surface area contributed by atoms with Crippen LogP contribution in [0.25, 0.3) is 0 Å². The summed E-state index contributed by atoms with van der Waals surface area (Å²) in [7, 11) is 0. The van der Waals surface area contributed by atoms with Crippen molar-refractivity contribution >= 4 is 5.84 Å². The number of amidine groups is 1. The largest absolute Gasteiger partial charge is 0.483 e. The van der Waals surface area contributed by atoms with E-state index in [1.807, 2.05) is 0 Å². The smallest absolute Gasteiger partial charge is 0.422 e. The van der Waals surface area contributed by atoms with Crippen LogP contribution in [0.5, 0.6) is 5.75 Å². The van der Waals surface area contributed by atoms with E-state index in [4.69, 9.17) is 11.1 Å². The SMILES string of the molecule is N=C(N)c1cc(F)ccc1OCC(F)(F)F. The van der Waals surface area contributed by atoms with Crippen LogP contribution in [-0.2, 0) is 0 Å². The van der Waals surface area contributed by atoms with Gasteiger partial charge < -0.3 is 10.5 Å². The standard InChI is InChI=1S/C9H8F4N2O/c10-5-1-2-7(6(3-5)8(14)15)16-4-9(11,12)13/h1-3H,4H2,(H3,14,15). The Morgan fingerprint density at radius 1 is 1.38 bits per heavy atom. The van der Waals surface area contributed by atoms with Crippen molar-refractivity contribution in [1.82, 2.24) is 0 Å². The molecular formula is C9H8F4N2O. The van der Waals surface area contributed by atoms with Gasteiger partial charge in [0.25, 0.3) is 0 Å². The Hall–Kier alpha value is -1.79. The molecule has 0 aliphatic rings. The van der Waals surface area contributed by atoms with Crippen molar-refractivity contribution < 1.29 is 22.3 Å². The number of nitrogens with one attached hydrogen (secondary N) is 1. The Balaban J connectivity index is 2.91. The highest BCUT2D eigenvalue weighted by molar-refractivity contribution is 5.97. The van der Waals surface area contributed by atoms with E-state index in [1.54, 1.807) is 0 Å². The molecule has 7 heteroatoms. The van der Waals surface area contributed by atoms with Gasteiger partial charge in [0.15, 0.2) is 6.61 Å². The van der Waals surface area contributed by atoms with E-state index in [0.717, 1.165) is 18.2 Å². The molecule has 0 fully saturated rings. The molecule has 88 valence electrons. The number of halogens is 4. The number of hydrogen-bond donors (Lipinski definition) is 2. The number of nitrogen functional groups attached to an aromatic ring is 1. The van der Waals surface area contributed by atoms with E-state index in [2.05, 4.69) is 4.74 Å². The Labute approximate surface area is 88.3 Å². The summed E-state index contributed by atoms with van der Waals surface area (Å²) >= 11 is 0. The second kappa shape index (κ2) is 4.38. The van der Waals surface area contributed by atoms with Gasteiger partial charge >= 0.3 is 6.18 Å². The molecule has 3 N–H and O–H groups in total. The third-order valence-electron chi connectivity index (χ3n) is 1.62. The molecule has 16 heavy (non-hydrogen) atoms. The molecule has 0 atom stereocenters. The average Bonchev–Trinajstić information content (AvgIpc) is 2.14. The van der Waals surface area contributed by atoms with Crippen molar-refractivity contribution in [3.8, 4) is 5.75 Å². The van der Waals surface area contributed by atoms with Crippen molar-refractivity contribution in [2.75, 3.05) is 6.61 Å². The molecule has 0 heterocycles. The quantitative estimate of drug-likeness (QED) is 0.479. The van der Waals surface area contributed by atoms with Crippen molar-refractivity contribution in [1.29, 1.82) is 5.41 Å². The summed E-state index contributed by atoms with van der Waals surface area (Å²) in [6.07, 6.45) is -4.50. The normalized spacial score (nSPS) is 11.2. The van der Waals surface area contributed by atoms with E-state index >= 15 is 0 Å². The van der Waals surface area contributed by atoms with Crippen LogP contribution in [0, 0.1) is 11.2 Å². The highest BCUT2D eigenvalue weighted by Crippen LogP contribution is 2.22. The molecule has 1 aromatic carbocycles. The highest BCUT2D eigenvalue weighted by atomic mass is 19.4. The predicted molar refractivity (Wildman–Crippen MR) is 49.0 cm³/mol. The van der Waals surface area contributed by atoms with Crippen LogP contribution < -0.4 is 10.5 Å². The minimum Gasteiger partial charge on any atom is -0.483 e. The van der Waals surface area contributed by atoms with Crippen LogP contribution in [0.15, 0.2) is 18.2 Å². The highest BCUT2D eigenvalue weighted by Gasteiger charge is 2.29. The van der Waals surface area contributed by atoms with Crippen LogP contribution in [0.4, 0.5) is 17.6 Å². The zero-order chi connectivity index (χ0) is 12.3. The summed E-state index contributed by atoms with van der Waals surface area (Å²) in [5.41, 5.74) is 4.87. The molecule has 1 aromatic rings. The van der Waals surface area contributed by atoms with E-state index < -0.39 is 24.4 Å². The topological polar surface area (TPSA) is 59.1 Å². The fraction of sp³-hybridized carbons (Fsp3) is 0.222. The first-order chi connectivity index (χ1) is 7.29. The van der Waals surface area contributed by atoms with Crippen molar-refractivity contribution in [3.05, 3.63) is 29.6 Å². The van der Waals surface area contributed by atoms with Gasteiger partial charge in [0.1, 0.15) is 17.4 Å². The first kappa shape index (κ1) is 12.3. The minimum absolute atomic E-state index is 0.204. The van der Waals surface area contributed by atoms with Gasteiger partial charge in [0.05, 0.1) is 5.56 Å². The van der Waals surface area contributed by atoms with Gasteiger partial charge in [-0.1, -0.05) is 0 Å². The van der Waals surface area contributed by atoms with Crippen LogP contribution >= 0.6 is 0 Å². The van der Waals surface area contributed by atoms with Gasteiger partial charge in [-0.05, 0) is 18.2 Å². The third-order valence-corrected chi connectivity index (χ3v) is 1.62. The molecular weight excluding hydrogens is 228 g/mol. The molecule has 0 bridgehead atoms. The van der Waals surface area contributed by atoms with Gasteiger partial charge in [-0.15, -0.1) is 0 Å². The lowest BCUT2D eigenvalue weighted by Crippen LogP contribution is -2.21. The van der Waals surface area contributed by atoms with Gasteiger partial charge in [-0.25, -0.2) is 4.39 Å². The van der Waals surface area contributed by atoms with Crippen LogP contribution in [0.2, 0.25) is 0 Å². The molecule has 0 aromatic heterocycles. The van der Waals surface area contributed by atoms with E-state index in [0.29, 0.717) is 0 Å². The lowest BCUT2D eigenvalue weighted by Gasteiger charge is -2.12. The monoisotopic (exact) mass is 236 g/mol. The number of benzene rings is 1. The summed E-state index contributed by atoms with van der Waals surface area (Å²) < 4.78 is 52.8. The Morgan fingerprint density at radius 2 is 2.00 bits per heavy atom. The average molecular weight is 236 g/mol. The summed E-state index contributed by atoms with van der Waals surface area (Å²) in [5.74, 6) is -1.53. The van der Waals surface area contributed by atoms with Crippen LogP contribution in [-0.4, -0.2) is 18.6 Å². The number of rotatable bonds is 3. The Morgan fingerprint density at radius 3 is 2.50 bits per heavy atom. The van der Waals surface area contributed by atoms with Crippen molar-refractivity contribution in [2.45, 2.75) is 6.18 Å². The Kier molecular flexibility index (Phi) is 3.36. The number of nitrogens with two attached hydrogens (primary N) is 1. The zero-order valence-electron chi connectivity index (χ0n) is 7.94. The minimum atomic E-state index is -4.50. The second-order valence-electron chi connectivity index (χ2n) is 2.96. The summed E-state index contributed by atoms with van der Waals surface area (Å²) in [6.45, 7) is -1.51. The van der Waals surface area contributed by atoms with E-state index in [9.17, 15) is 17.6 Å². The first-order valence-electron chi connectivity index (χ1n) is 4.13. The molecule has 0 amide bonds. The maximum Gasteiger partial charge on any atom is 0.422 e.